The number of phenolic OH excluding ortho intramolecular Hbond substituents is 1. The molecule has 17 heavy (non-hydrogen) atoms. The third kappa shape index (κ3) is 4.32. The zero-order valence-electron chi connectivity index (χ0n) is 10.9. The van der Waals surface area contributed by atoms with Crippen LogP contribution in [0.2, 0.25) is 0 Å². The fraction of sp³-hybridized carbons (Fsp3) is 0.538. The van der Waals surface area contributed by atoms with E-state index < -0.39 is 5.82 Å². The maximum absolute atomic E-state index is 12.9. The molecule has 0 saturated heterocycles. The Bertz CT molecular complexity index is 368. The highest BCUT2D eigenvalue weighted by molar-refractivity contribution is 5.34. The number of nitrogens with zero attached hydrogens (tertiary/aromatic N) is 1. The number of likely N-dealkylation sites (N-methyl/N-ethyl adjacent to an activating group) is 1. The predicted molar refractivity (Wildman–Crippen MR) is 67.6 cm³/mol. The molecule has 1 aromatic carbocycles. The van der Waals surface area contributed by atoms with E-state index in [0.29, 0.717) is 6.04 Å². The molecule has 0 aliphatic heterocycles. The fourth-order valence-corrected chi connectivity index (χ4v) is 2.00. The summed E-state index contributed by atoms with van der Waals surface area (Å²) in [6.45, 7) is 4.95. The standard InChI is InChI=1S/C13H21FN2O/c1-9(8-16(3)4)15-10(2)12-6-5-11(14)7-13(12)17/h5-7,9-10,15,17H,8H2,1-4H3. The molecule has 96 valence electrons. The molecule has 3 nitrogen and oxygen atoms in total. The van der Waals surface area contributed by atoms with Gasteiger partial charge in [-0.05, 0) is 34.0 Å². The van der Waals surface area contributed by atoms with Gasteiger partial charge in [-0.15, -0.1) is 0 Å². The van der Waals surface area contributed by atoms with Gasteiger partial charge in [0.2, 0.25) is 0 Å². The van der Waals surface area contributed by atoms with Gasteiger partial charge in [0.05, 0.1) is 0 Å². The molecule has 4 heteroatoms. The average molecular weight is 240 g/mol. The summed E-state index contributed by atoms with van der Waals surface area (Å²) in [5.74, 6) is -0.415. The van der Waals surface area contributed by atoms with Crippen molar-refractivity contribution < 1.29 is 9.50 Å². The highest BCUT2D eigenvalue weighted by atomic mass is 19.1. The number of aromatic hydroxyl groups is 1. The van der Waals surface area contributed by atoms with Crippen LogP contribution in [0.5, 0.6) is 5.75 Å². The van der Waals surface area contributed by atoms with E-state index in [1.54, 1.807) is 6.07 Å². The van der Waals surface area contributed by atoms with Gasteiger partial charge in [0.15, 0.2) is 0 Å². The van der Waals surface area contributed by atoms with Crippen molar-refractivity contribution in [2.45, 2.75) is 25.9 Å². The van der Waals surface area contributed by atoms with Crippen LogP contribution in [0.15, 0.2) is 18.2 Å². The van der Waals surface area contributed by atoms with Gasteiger partial charge >= 0.3 is 0 Å². The van der Waals surface area contributed by atoms with Crippen LogP contribution in [0, 0.1) is 5.82 Å². The molecular weight excluding hydrogens is 219 g/mol. The molecule has 1 aromatic rings. The number of benzene rings is 1. The monoisotopic (exact) mass is 240 g/mol. The van der Waals surface area contributed by atoms with Crippen molar-refractivity contribution in [1.29, 1.82) is 0 Å². The minimum Gasteiger partial charge on any atom is -0.508 e. The van der Waals surface area contributed by atoms with E-state index in [-0.39, 0.29) is 11.8 Å². The van der Waals surface area contributed by atoms with Crippen LogP contribution in [-0.4, -0.2) is 36.7 Å². The Labute approximate surface area is 102 Å². The first-order valence-electron chi connectivity index (χ1n) is 5.79. The number of nitrogens with one attached hydrogen (secondary N) is 1. The lowest BCUT2D eigenvalue weighted by Crippen LogP contribution is -2.37. The van der Waals surface area contributed by atoms with Gasteiger partial charge in [-0.3, -0.25) is 0 Å². The summed E-state index contributed by atoms with van der Waals surface area (Å²) in [5.41, 5.74) is 0.719. The van der Waals surface area contributed by atoms with Gasteiger partial charge in [-0.1, -0.05) is 6.07 Å². The van der Waals surface area contributed by atoms with Crippen LogP contribution in [0.25, 0.3) is 0 Å². The fourth-order valence-electron chi connectivity index (χ4n) is 2.00. The van der Waals surface area contributed by atoms with Crippen molar-refractivity contribution in [3.63, 3.8) is 0 Å². The summed E-state index contributed by atoms with van der Waals surface area (Å²) in [6.07, 6.45) is 0. The summed E-state index contributed by atoms with van der Waals surface area (Å²) in [6, 6.07) is 4.41. The molecule has 2 atom stereocenters. The highest BCUT2D eigenvalue weighted by Crippen LogP contribution is 2.24. The summed E-state index contributed by atoms with van der Waals surface area (Å²) < 4.78 is 12.9. The number of hydrogen-bond acceptors (Lipinski definition) is 3. The van der Waals surface area contributed by atoms with Crippen molar-refractivity contribution in [3.05, 3.63) is 29.6 Å². The molecule has 0 saturated carbocycles. The van der Waals surface area contributed by atoms with Crippen molar-refractivity contribution in [3.8, 4) is 5.75 Å². The lowest BCUT2D eigenvalue weighted by molar-refractivity contribution is 0.331. The topological polar surface area (TPSA) is 35.5 Å². The lowest BCUT2D eigenvalue weighted by atomic mass is 10.1. The Morgan fingerprint density at radius 2 is 2.00 bits per heavy atom. The van der Waals surface area contributed by atoms with Crippen molar-refractivity contribution in [1.82, 2.24) is 10.2 Å². The zero-order valence-corrected chi connectivity index (χ0v) is 10.9. The second-order valence-electron chi connectivity index (χ2n) is 4.75. The van der Waals surface area contributed by atoms with Gasteiger partial charge in [-0.2, -0.15) is 0 Å². The zero-order chi connectivity index (χ0) is 13.0. The van der Waals surface area contributed by atoms with E-state index in [4.69, 9.17) is 0 Å². The SMILES string of the molecule is CC(CN(C)C)NC(C)c1ccc(F)cc1O. The summed E-state index contributed by atoms with van der Waals surface area (Å²) in [5, 5.41) is 13.0. The summed E-state index contributed by atoms with van der Waals surface area (Å²) in [4.78, 5) is 2.09. The molecule has 2 N–H and O–H groups in total. The normalized spacial score (nSPS) is 14.9. The number of halogens is 1. The second kappa shape index (κ2) is 5.98. The van der Waals surface area contributed by atoms with Crippen LogP contribution in [-0.2, 0) is 0 Å². The molecule has 0 heterocycles. The van der Waals surface area contributed by atoms with Crippen LogP contribution >= 0.6 is 0 Å². The number of phenols is 1. The average Bonchev–Trinajstić information content (AvgIpc) is 2.15. The van der Waals surface area contributed by atoms with Crippen LogP contribution in [0.1, 0.15) is 25.5 Å². The van der Waals surface area contributed by atoms with E-state index in [0.717, 1.165) is 18.2 Å². The molecule has 0 radical (unpaired) electrons. The highest BCUT2D eigenvalue weighted by Gasteiger charge is 2.13. The molecular formula is C13H21FN2O. The Morgan fingerprint density at radius 1 is 1.35 bits per heavy atom. The van der Waals surface area contributed by atoms with E-state index in [9.17, 15) is 9.50 Å². The minimum atomic E-state index is -0.417. The first-order chi connectivity index (χ1) is 7.90. The van der Waals surface area contributed by atoms with Crippen LogP contribution < -0.4 is 5.32 Å². The Hall–Kier alpha value is -1.13. The smallest absolute Gasteiger partial charge is 0.126 e. The molecule has 0 aliphatic rings. The number of hydrogen-bond donors (Lipinski definition) is 2. The Balaban J connectivity index is 2.66. The third-order valence-corrected chi connectivity index (χ3v) is 2.63. The first-order valence-corrected chi connectivity index (χ1v) is 5.79. The largest absolute Gasteiger partial charge is 0.508 e. The molecule has 0 spiro atoms. The maximum Gasteiger partial charge on any atom is 0.126 e. The lowest BCUT2D eigenvalue weighted by Gasteiger charge is -2.23. The van der Waals surface area contributed by atoms with Crippen molar-refractivity contribution >= 4 is 0 Å². The molecule has 1 rings (SSSR count). The van der Waals surface area contributed by atoms with E-state index in [2.05, 4.69) is 17.1 Å². The summed E-state index contributed by atoms with van der Waals surface area (Å²) in [7, 11) is 4.02. The molecule has 0 fully saturated rings. The first kappa shape index (κ1) is 13.9. The van der Waals surface area contributed by atoms with E-state index in [1.165, 1.54) is 6.07 Å². The van der Waals surface area contributed by atoms with E-state index >= 15 is 0 Å². The van der Waals surface area contributed by atoms with Gasteiger partial charge < -0.3 is 15.3 Å². The Morgan fingerprint density at radius 3 is 2.53 bits per heavy atom. The molecule has 2 unspecified atom stereocenters. The van der Waals surface area contributed by atoms with E-state index in [1.807, 2.05) is 21.0 Å². The molecule has 0 bridgehead atoms. The molecule has 0 aromatic heterocycles. The van der Waals surface area contributed by atoms with Gasteiger partial charge in [0.1, 0.15) is 11.6 Å². The van der Waals surface area contributed by atoms with Gasteiger partial charge in [0.25, 0.3) is 0 Å². The molecule has 0 amide bonds. The van der Waals surface area contributed by atoms with Gasteiger partial charge in [0, 0.05) is 30.3 Å². The quantitative estimate of drug-likeness (QED) is 0.827. The van der Waals surface area contributed by atoms with Crippen molar-refractivity contribution in [2.24, 2.45) is 0 Å². The van der Waals surface area contributed by atoms with Crippen LogP contribution in [0.3, 0.4) is 0 Å². The van der Waals surface area contributed by atoms with Gasteiger partial charge in [-0.25, -0.2) is 4.39 Å². The summed E-state index contributed by atoms with van der Waals surface area (Å²) >= 11 is 0. The van der Waals surface area contributed by atoms with Crippen molar-refractivity contribution in [2.75, 3.05) is 20.6 Å². The third-order valence-electron chi connectivity index (χ3n) is 2.63. The maximum atomic E-state index is 12.9. The van der Waals surface area contributed by atoms with Crippen LogP contribution in [0.4, 0.5) is 4.39 Å². The molecule has 0 aliphatic carbocycles. The minimum absolute atomic E-state index is 0.00190. The Kier molecular flexibility index (Phi) is 4.90. The number of rotatable bonds is 5. The predicted octanol–water partition coefficient (Wildman–Crippen LogP) is 2.13. The second-order valence-corrected chi connectivity index (χ2v) is 4.75.